The first-order valence-corrected chi connectivity index (χ1v) is 9.58. The van der Waals surface area contributed by atoms with Gasteiger partial charge in [0.15, 0.2) is 5.65 Å². The van der Waals surface area contributed by atoms with Gasteiger partial charge in [-0.1, -0.05) is 11.6 Å². The number of nitrogens with one attached hydrogen (secondary N) is 2. The Hall–Kier alpha value is -4.17. The van der Waals surface area contributed by atoms with E-state index >= 15 is 0 Å². The van der Waals surface area contributed by atoms with Gasteiger partial charge in [0.25, 0.3) is 5.62 Å². The average molecular weight is 437 g/mol. The molecule has 154 valence electrons. The van der Waals surface area contributed by atoms with E-state index in [1.807, 2.05) is 6.07 Å². The molecule has 1 fully saturated rings. The molecule has 0 bridgehead atoms. The van der Waals surface area contributed by atoms with Gasteiger partial charge in [-0.15, -0.1) is 0 Å². The van der Waals surface area contributed by atoms with E-state index in [1.54, 1.807) is 6.07 Å². The van der Waals surface area contributed by atoms with Crippen molar-refractivity contribution in [3.8, 4) is 23.7 Å². The van der Waals surface area contributed by atoms with Crippen LogP contribution in [0.2, 0.25) is 5.02 Å². The maximum absolute atomic E-state index is 11.4. The molecular formula is C19H13ClN8O3. The SMILES string of the molecule is N#Cc1ccc(Oc2nc(=NC3CC3)n3nc/c(=C/c4[nH]c(=O)[nH]c4O)c3n2)cc1Cl. The van der Waals surface area contributed by atoms with Crippen molar-refractivity contribution in [2.24, 2.45) is 4.99 Å². The summed E-state index contributed by atoms with van der Waals surface area (Å²) in [6.07, 6.45) is 4.96. The molecule has 3 N–H and O–H groups in total. The molecule has 0 unspecified atom stereocenters. The summed E-state index contributed by atoms with van der Waals surface area (Å²) in [5.74, 6) is 0.0494. The normalized spacial score (nSPS) is 14.8. The van der Waals surface area contributed by atoms with Crippen molar-refractivity contribution >= 4 is 23.3 Å². The third kappa shape index (κ3) is 3.72. The molecule has 0 radical (unpaired) electrons. The zero-order valence-electron chi connectivity index (χ0n) is 15.7. The molecule has 1 aliphatic carbocycles. The Bertz CT molecular complexity index is 1540. The van der Waals surface area contributed by atoms with Crippen LogP contribution in [0.4, 0.5) is 0 Å². The zero-order valence-corrected chi connectivity index (χ0v) is 16.5. The lowest BCUT2D eigenvalue weighted by molar-refractivity contribution is 0.435. The summed E-state index contributed by atoms with van der Waals surface area (Å²) in [7, 11) is 0. The summed E-state index contributed by atoms with van der Waals surface area (Å²) in [5, 5.41) is 23.9. The first-order valence-electron chi connectivity index (χ1n) is 9.20. The highest BCUT2D eigenvalue weighted by molar-refractivity contribution is 6.31. The number of H-pyrrole nitrogens is 2. The number of imidazole rings is 1. The van der Waals surface area contributed by atoms with Crippen LogP contribution in [0.15, 0.2) is 34.2 Å². The first kappa shape index (κ1) is 18.8. The summed E-state index contributed by atoms with van der Waals surface area (Å²) in [6.45, 7) is 0. The largest absolute Gasteiger partial charge is 0.493 e. The number of aromatic nitrogens is 6. The Balaban J connectivity index is 1.65. The number of ether oxygens (including phenoxy) is 1. The molecule has 3 aromatic heterocycles. The topological polar surface area (TPSA) is 157 Å². The number of nitrogens with zero attached hydrogens (tertiary/aromatic N) is 6. The average Bonchev–Trinajstić information content (AvgIpc) is 3.37. The summed E-state index contributed by atoms with van der Waals surface area (Å²) in [4.78, 5) is 29.5. The van der Waals surface area contributed by atoms with Crippen molar-refractivity contribution < 1.29 is 9.84 Å². The fourth-order valence-electron chi connectivity index (χ4n) is 2.86. The Morgan fingerprint density at radius 2 is 2.19 bits per heavy atom. The van der Waals surface area contributed by atoms with E-state index in [0.29, 0.717) is 27.8 Å². The zero-order chi connectivity index (χ0) is 21.5. The molecule has 0 atom stereocenters. The molecule has 5 rings (SSSR count). The summed E-state index contributed by atoms with van der Waals surface area (Å²) < 4.78 is 7.23. The maximum atomic E-state index is 11.4. The molecule has 0 spiro atoms. The van der Waals surface area contributed by atoms with Crippen LogP contribution in [0.3, 0.4) is 0 Å². The Morgan fingerprint density at radius 1 is 1.35 bits per heavy atom. The van der Waals surface area contributed by atoms with E-state index in [1.165, 1.54) is 28.9 Å². The van der Waals surface area contributed by atoms with Crippen molar-refractivity contribution in [1.82, 2.24) is 29.5 Å². The lowest BCUT2D eigenvalue weighted by atomic mass is 10.2. The fourth-order valence-corrected chi connectivity index (χ4v) is 3.08. The smallest absolute Gasteiger partial charge is 0.327 e. The molecule has 12 heteroatoms. The predicted octanol–water partition coefficient (Wildman–Crippen LogP) is 0.774. The number of benzene rings is 1. The van der Waals surface area contributed by atoms with Crippen LogP contribution in [0.5, 0.6) is 17.6 Å². The molecule has 0 amide bonds. The minimum absolute atomic E-state index is 0.00890. The second-order valence-corrected chi connectivity index (χ2v) is 7.25. The fraction of sp³-hybridized carbons (Fsp3) is 0.158. The molecule has 0 aliphatic heterocycles. The number of halogens is 1. The highest BCUT2D eigenvalue weighted by Crippen LogP contribution is 2.25. The summed E-state index contributed by atoms with van der Waals surface area (Å²) in [5.41, 5.74) is 0.642. The van der Waals surface area contributed by atoms with Crippen molar-refractivity contribution in [3.63, 3.8) is 0 Å². The first-order chi connectivity index (χ1) is 15.0. The van der Waals surface area contributed by atoms with E-state index in [4.69, 9.17) is 21.6 Å². The third-order valence-electron chi connectivity index (χ3n) is 4.51. The van der Waals surface area contributed by atoms with Gasteiger partial charge in [0.05, 0.1) is 22.8 Å². The quantitative estimate of drug-likeness (QED) is 0.426. The van der Waals surface area contributed by atoms with Gasteiger partial charge in [-0.05, 0) is 31.1 Å². The molecule has 0 saturated heterocycles. The van der Waals surface area contributed by atoms with E-state index < -0.39 is 5.69 Å². The van der Waals surface area contributed by atoms with Crippen LogP contribution in [0.1, 0.15) is 24.1 Å². The van der Waals surface area contributed by atoms with E-state index in [9.17, 15) is 9.90 Å². The molecule has 3 heterocycles. The second-order valence-electron chi connectivity index (χ2n) is 6.84. The molecule has 1 aliphatic rings. The van der Waals surface area contributed by atoms with Gasteiger partial charge in [-0.2, -0.15) is 24.8 Å². The molecule has 11 nitrogen and oxygen atoms in total. The molecule has 1 aromatic carbocycles. The van der Waals surface area contributed by atoms with E-state index in [-0.39, 0.29) is 28.6 Å². The number of fused-ring (bicyclic) bond motifs is 1. The minimum Gasteiger partial charge on any atom is -0.493 e. The van der Waals surface area contributed by atoms with Crippen molar-refractivity contribution in [2.75, 3.05) is 0 Å². The van der Waals surface area contributed by atoms with Gasteiger partial charge >= 0.3 is 11.7 Å². The Kier molecular flexibility index (Phi) is 4.41. The Morgan fingerprint density at radius 3 is 2.87 bits per heavy atom. The number of aromatic amines is 2. The van der Waals surface area contributed by atoms with E-state index in [0.717, 1.165) is 12.8 Å². The summed E-state index contributed by atoms with van der Waals surface area (Å²) in [6, 6.07) is 6.78. The molecule has 1 saturated carbocycles. The number of aromatic hydroxyl groups is 1. The van der Waals surface area contributed by atoms with Crippen LogP contribution in [-0.2, 0) is 0 Å². The molecular weight excluding hydrogens is 424 g/mol. The number of hydrogen-bond acceptors (Lipinski definition) is 8. The van der Waals surface area contributed by atoms with Crippen molar-refractivity contribution in [2.45, 2.75) is 18.9 Å². The second kappa shape index (κ2) is 7.26. The van der Waals surface area contributed by atoms with Gasteiger partial charge in [0.1, 0.15) is 17.5 Å². The number of rotatable bonds is 4. The van der Waals surface area contributed by atoms with Crippen molar-refractivity contribution in [1.29, 1.82) is 5.26 Å². The molecule has 4 aromatic rings. The van der Waals surface area contributed by atoms with Gasteiger partial charge in [-0.3, -0.25) is 4.98 Å². The van der Waals surface area contributed by atoms with Gasteiger partial charge < -0.3 is 14.8 Å². The Labute approximate surface area is 178 Å². The lowest BCUT2D eigenvalue weighted by Crippen LogP contribution is -2.23. The van der Waals surface area contributed by atoms with Crippen LogP contribution >= 0.6 is 11.6 Å². The van der Waals surface area contributed by atoms with Crippen LogP contribution in [0, 0.1) is 11.3 Å². The number of hydrogen-bond donors (Lipinski definition) is 3. The third-order valence-corrected chi connectivity index (χ3v) is 4.82. The van der Waals surface area contributed by atoms with Crippen LogP contribution in [-0.4, -0.2) is 40.7 Å². The summed E-state index contributed by atoms with van der Waals surface area (Å²) >= 11 is 6.08. The predicted molar refractivity (Wildman–Crippen MR) is 107 cm³/mol. The highest BCUT2D eigenvalue weighted by atomic mass is 35.5. The molecule has 31 heavy (non-hydrogen) atoms. The maximum Gasteiger partial charge on any atom is 0.327 e. The lowest BCUT2D eigenvalue weighted by Gasteiger charge is -2.05. The monoisotopic (exact) mass is 436 g/mol. The van der Waals surface area contributed by atoms with Crippen molar-refractivity contribution in [3.05, 3.63) is 62.0 Å². The standard InChI is InChI=1S/C19H13ClN8O3/c20-13-6-12(4-1-9(13)7-21)31-19-25-15-10(5-14-16(29)26-18(30)24-14)8-22-28(15)17(27-19)23-11-2-3-11/h1,4-6,8,11,29H,2-3H2,(H2,24,26,30)/b10-5-,23-17?. The minimum atomic E-state index is -0.541. The van der Waals surface area contributed by atoms with E-state index in [2.05, 4.69) is 30.0 Å². The highest BCUT2D eigenvalue weighted by Gasteiger charge is 2.21. The van der Waals surface area contributed by atoms with Gasteiger partial charge in [0, 0.05) is 11.3 Å². The van der Waals surface area contributed by atoms with Gasteiger partial charge in [0.2, 0.25) is 5.88 Å². The van der Waals surface area contributed by atoms with Crippen LogP contribution in [0.25, 0.3) is 11.7 Å². The number of nitriles is 1. The van der Waals surface area contributed by atoms with Crippen LogP contribution < -0.4 is 21.3 Å². The van der Waals surface area contributed by atoms with Gasteiger partial charge in [-0.25, -0.2) is 9.79 Å².